The van der Waals surface area contributed by atoms with Crippen molar-refractivity contribution in [2.24, 2.45) is 7.05 Å². The zero-order valence-electron chi connectivity index (χ0n) is 10.0. The van der Waals surface area contributed by atoms with Crippen molar-refractivity contribution in [3.05, 3.63) is 36.2 Å². The molecule has 3 rings (SSSR count). The summed E-state index contributed by atoms with van der Waals surface area (Å²) in [6.07, 6.45) is 8.40. The average Bonchev–Trinajstić information content (AvgIpc) is 2.90. The monoisotopic (exact) mass is 231 g/mol. The summed E-state index contributed by atoms with van der Waals surface area (Å²) in [5.74, 6) is 0. The quantitative estimate of drug-likeness (QED) is 0.832. The van der Waals surface area contributed by atoms with Crippen LogP contribution in [-0.2, 0) is 20.1 Å². The van der Waals surface area contributed by atoms with Gasteiger partial charge in [0.2, 0.25) is 0 Å². The van der Waals surface area contributed by atoms with Gasteiger partial charge in [-0.2, -0.15) is 5.10 Å². The third-order valence-corrected chi connectivity index (χ3v) is 3.05. The lowest BCUT2D eigenvalue weighted by molar-refractivity contribution is 0.624. The van der Waals surface area contributed by atoms with Gasteiger partial charge < -0.3 is 9.88 Å². The molecule has 1 aliphatic rings. The van der Waals surface area contributed by atoms with E-state index < -0.39 is 0 Å². The smallest absolute Gasteiger partial charge is 0.0952 e. The maximum absolute atomic E-state index is 4.38. The Morgan fingerprint density at radius 1 is 1.47 bits per heavy atom. The fourth-order valence-electron chi connectivity index (χ4n) is 1.90. The summed E-state index contributed by atoms with van der Waals surface area (Å²) in [7, 11) is 1.94. The highest BCUT2D eigenvalue weighted by Gasteiger charge is 2.20. The second kappa shape index (κ2) is 4.33. The molecule has 0 radical (unpaired) electrons. The lowest BCUT2D eigenvalue weighted by atomic mass is 10.4. The van der Waals surface area contributed by atoms with Crippen molar-refractivity contribution < 1.29 is 0 Å². The fraction of sp³-hybridized carbons (Fsp3) is 0.500. The van der Waals surface area contributed by atoms with E-state index in [0.717, 1.165) is 24.8 Å². The molecule has 17 heavy (non-hydrogen) atoms. The van der Waals surface area contributed by atoms with Crippen LogP contribution in [0.4, 0.5) is 0 Å². The molecule has 5 nitrogen and oxygen atoms in total. The van der Waals surface area contributed by atoms with E-state index in [1.165, 1.54) is 18.5 Å². The number of nitrogens with zero attached hydrogens (tertiary/aromatic N) is 4. The van der Waals surface area contributed by atoms with Crippen molar-refractivity contribution >= 4 is 0 Å². The van der Waals surface area contributed by atoms with Crippen molar-refractivity contribution in [3.63, 3.8) is 0 Å². The van der Waals surface area contributed by atoms with E-state index in [0.29, 0.717) is 0 Å². The maximum Gasteiger partial charge on any atom is 0.0952 e. The minimum atomic E-state index is 0.730. The minimum absolute atomic E-state index is 0.730. The lowest BCUT2D eigenvalue weighted by Gasteiger charge is -2.07. The van der Waals surface area contributed by atoms with Gasteiger partial charge in [0, 0.05) is 32.0 Å². The molecule has 0 saturated heterocycles. The highest BCUT2D eigenvalue weighted by atomic mass is 15.3. The molecule has 2 heterocycles. The molecule has 0 amide bonds. The highest BCUT2D eigenvalue weighted by Crippen LogP contribution is 2.19. The number of hydrogen-bond acceptors (Lipinski definition) is 3. The summed E-state index contributed by atoms with van der Waals surface area (Å²) >= 11 is 0. The van der Waals surface area contributed by atoms with Gasteiger partial charge in [0.25, 0.3) is 0 Å². The molecule has 1 fully saturated rings. The van der Waals surface area contributed by atoms with Gasteiger partial charge >= 0.3 is 0 Å². The van der Waals surface area contributed by atoms with Gasteiger partial charge in [0.1, 0.15) is 0 Å². The molecule has 1 aliphatic carbocycles. The highest BCUT2D eigenvalue weighted by molar-refractivity contribution is 5.05. The van der Waals surface area contributed by atoms with E-state index in [4.69, 9.17) is 0 Å². The van der Waals surface area contributed by atoms with Crippen LogP contribution in [0.25, 0.3) is 0 Å². The number of nitrogens with one attached hydrogen (secondary N) is 1. The van der Waals surface area contributed by atoms with Crippen LogP contribution in [0.1, 0.15) is 24.2 Å². The molecule has 0 bridgehead atoms. The Hall–Kier alpha value is -1.62. The molecule has 1 saturated carbocycles. The first-order valence-corrected chi connectivity index (χ1v) is 6.02. The summed E-state index contributed by atoms with van der Waals surface area (Å²) in [6.45, 7) is 1.69. The summed E-state index contributed by atoms with van der Waals surface area (Å²) in [4.78, 5) is 4.21. The Labute approximate surface area is 100 Å². The summed E-state index contributed by atoms with van der Waals surface area (Å²) in [5.41, 5.74) is 2.29. The van der Waals surface area contributed by atoms with E-state index in [1.807, 2.05) is 36.5 Å². The molecule has 5 heteroatoms. The first kappa shape index (κ1) is 10.5. The zero-order chi connectivity index (χ0) is 11.7. The molecule has 0 aliphatic heterocycles. The molecular formula is C12H17N5. The number of aromatic nitrogens is 4. The number of hydrogen-bond donors (Lipinski definition) is 1. The normalized spacial score (nSPS) is 15.4. The molecule has 90 valence electrons. The van der Waals surface area contributed by atoms with Crippen LogP contribution in [-0.4, -0.2) is 25.4 Å². The molecule has 1 N–H and O–H groups in total. The van der Waals surface area contributed by atoms with Crippen LogP contribution < -0.4 is 5.32 Å². The Balaban J connectivity index is 1.67. The third kappa shape index (κ3) is 2.55. The predicted molar refractivity (Wildman–Crippen MR) is 64.4 cm³/mol. The second-order valence-corrected chi connectivity index (χ2v) is 4.65. The predicted octanol–water partition coefficient (Wildman–Crippen LogP) is 0.917. The molecule has 2 aromatic heterocycles. The summed E-state index contributed by atoms with van der Waals surface area (Å²) in [6, 6.07) is 2.77. The van der Waals surface area contributed by atoms with Gasteiger partial charge in [0.05, 0.1) is 24.3 Å². The SMILES string of the molecule is Cn1ccc(Cn2cncc2CNC2CC2)n1. The lowest BCUT2D eigenvalue weighted by Crippen LogP contribution is -2.18. The van der Waals surface area contributed by atoms with E-state index in [9.17, 15) is 0 Å². The van der Waals surface area contributed by atoms with Crippen LogP contribution in [0.3, 0.4) is 0 Å². The van der Waals surface area contributed by atoms with Gasteiger partial charge in [-0.3, -0.25) is 4.68 Å². The van der Waals surface area contributed by atoms with E-state index in [2.05, 4.69) is 20.0 Å². The molecule has 0 spiro atoms. The maximum atomic E-state index is 4.38. The van der Waals surface area contributed by atoms with Gasteiger partial charge in [0.15, 0.2) is 0 Å². The van der Waals surface area contributed by atoms with Gasteiger partial charge in [-0.15, -0.1) is 0 Å². The van der Waals surface area contributed by atoms with Crippen LogP contribution in [0.2, 0.25) is 0 Å². The number of aryl methyl sites for hydroxylation is 1. The van der Waals surface area contributed by atoms with Crippen LogP contribution in [0, 0.1) is 0 Å². The van der Waals surface area contributed by atoms with Gasteiger partial charge in [-0.1, -0.05) is 0 Å². The van der Waals surface area contributed by atoms with Crippen molar-refractivity contribution in [1.82, 2.24) is 24.6 Å². The Bertz CT molecular complexity index is 494. The minimum Gasteiger partial charge on any atom is -0.327 e. The third-order valence-electron chi connectivity index (χ3n) is 3.05. The Morgan fingerprint density at radius 3 is 3.06 bits per heavy atom. The molecule has 0 aromatic carbocycles. The molecule has 0 unspecified atom stereocenters. The topological polar surface area (TPSA) is 47.7 Å². The number of imidazole rings is 1. The zero-order valence-corrected chi connectivity index (χ0v) is 10.0. The van der Waals surface area contributed by atoms with Crippen molar-refractivity contribution in [1.29, 1.82) is 0 Å². The van der Waals surface area contributed by atoms with Gasteiger partial charge in [-0.25, -0.2) is 4.98 Å². The average molecular weight is 231 g/mol. The standard InChI is InChI=1S/C12H17N5/c1-16-5-4-11(15-16)8-17-9-13-6-12(17)7-14-10-2-3-10/h4-6,9-10,14H,2-3,7-8H2,1H3. The summed E-state index contributed by atoms with van der Waals surface area (Å²) < 4.78 is 3.98. The molecular weight excluding hydrogens is 214 g/mol. The largest absolute Gasteiger partial charge is 0.327 e. The Kier molecular flexibility index (Phi) is 2.68. The van der Waals surface area contributed by atoms with E-state index in [1.54, 1.807) is 0 Å². The molecule has 2 aromatic rings. The van der Waals surface area contributed by atoms with Crippen LogP contribution in [0.15, 0.2) is 24.8 Å². The second-order valence-electron chi connectivity index (χ2n) is 4.65. The van der Waals surface area contributed by atoms with Crippen LogP contribution >= 0.6 is 0 Å². The number of rotatable bonds is 5. The van der Waals surface area contributed by atoms with Crippen molar-refractivity contribution in [3.8, 4) is 0 Å². The van der Waals surface area contributed by atoms with Crippen LogP contribution in [0.5, 0.6) is 0 Å². The van der Waals surface area contributed by atoms with Crippen molar-refractivity contribution in [2.75, 3.05) is 0 Å². The first-order valence-electron chi connectivity index (χ1n) is 6.02. The fourth-order valence-corrected chi connectivity index (χ4v) is 1.90. The van der Waals surface area contributed by atoms with Crippen molar-refractivity contribution in [2.45, 2.75) is 32.0 Å². The van der Waals surface area contributed by atoms with E-state index >= 15 is 0 Å². The summed E-state index contributed by atoms with van der Waals surface area (Å²) in [5, 5.41) is 7.89. The van der Waals surface area contributed by atoms with E-state index in [-0.39, 0.29) is 0 Å². The molecule has 0 atom stereocenters. The van der Waals surface area contributed by atoms with Gasteiger partial charge in [-0.05, 0) is 18.9 Å². The first-order chi connectivity index (χ1) is 8.31. The Morgan fingerprint density at radius 2 is 2.35 bits per heavy atom.